The maximum Gasteiger partial charge on any atom is 0.255 e. The van der Waals surface area contributed by atoms with Gasteiger partial charge in [-0.25, -0.2) is 0 Å². The van der Waals surface area contributed by atoms with Crippen LogP contribution in [0.1, 0.15) is 41.0 Å². The number of hydrogen-bond acceptors (Lipinski definition) is 2. The van der Waals surface area contributed by atoms with Gasteiger partial charge in [0.25, 0.3) is 11.8 Å². The van der Waals surface area contributed by atoms with Gasteiger partial charge in [0, 0.05) is 16.6 Å². The summed E-state index contributed by atoms with van der Waals surface area (Å²) in [5, 5.41) is 6.15. The first-order chi connectivity index (χ1) is 11.0. The second-order valence-electron chi connectivity index (χ2n) is 5.29. The Bertz CT molecular complexity index is 716. The van der Waals surface area contributed by atoms with Crippen molar-refractivity contribution in [2.75, 3.05) is 5.32 Å². The zero-order chi connectivity index (χ0) is 16.8. The van der Waals surface area contributed by atoms with E-state index in [1.54, 1.807) is 48.5 Å². The maximum atomic E-state index is 12.3. The van der Waals surface area contributed by atoms with Crippen molar-refractivity contribution in [2.45, 2.75) is 26.3 Å². The summed E-state index contributed by atoms with van der Waals surface area (Å²) in [6.07, 6.45) is 0.836. The zero-order valence-corrected chi connectivity index (χ0v) is 13.9. The fraction of sp³-hybridized carbons (Fsp3) is 0.222. The number of carbonyl (C=O) groups is 2. The molecular weight excluding hydrogens is 312 g/mol. The molecule has 120 valence electrons. The molecule has 2 rings (SSSR count). The van der Waals surface area contributed by atoms with E-state index in [1.807, 2.05) is 13.8 Å². The number of rotatable bonds is 5. The maximum absolute atomic E-state index is 12.3. The van der Waals surface area contributed by atoms with E-state index in [9.17, 15) is 9.59 Å². The highest BCUT2D eigenvalue weighted by Gasteiger charge is 2.15. The fourth-order valence-corrected chi connectivity index (χ4v) is 2.21. The molecule has 0 saturated carbocycles. The number of halogens is 1. The van der Waals surface area contributed by atoms with Crippen LogP contribution in [0.25, 0.3) is 0 Å². The molecule has 0 bridgehead atoms. The van der Waals surface area contributed by atoms with Crippen LogP contribution in [0, 0.1) is 0 Å². The molecule has 2 aromatic rings. The van der Waals surface area contributed by atoms with Crippen molar-refractivity contribution in [1.29, 1.82) is 0 Å². The van der Waals surface area contributed by atoms with Gasteiger partial charge in [-0.3, -0.25) is 9.59 Å². The molecule has 5 heteroatoms. The van der Waals surface area contributed by atoms with Gasteiger partial charge in [-0.05, 0) is 43.7 Å². The molecule has 4 nitrogen and oxygen atoms in total. The van der Waals surface area contributed by atoms with E-state index in [0.717, 1.165) is 6.42 Å². The molecule has 0 spiro atoms. The topological polar surface area (TPSA) is 58.2 Å². The molecule has 0 aliphatic heterocycles. The van der Waals surface area contributed by atoms with Gasteiger partial charge in [0.1, 0.15) is 0 Å². The van der Waals surface area contributed by atoms with E-state index in [0.29, 0.717) is 21.8 Å². The number of carbonyl (C=O) groups excluding carboxylic acids is 2. The van der Waals surface area contributed by atoms with Gasteiger partial charge in [0.05, 0.1) is 11.3 Å². The van der Waals surface area contributed by atoms with E-state index in [-0.39, 0.29) is 17.9 Å². The molecule has 0 radical (unpaired) electrons. The Morgan fingerprint density at radius 1 is 1.09 bits per heavy atom. The second-order valence-corrected chi connectivity index (χ2v) is 5.73. The predicted molar refractivity (Wildman–Crippen MR) is 93.1 cm³/mol. The van der Waals surface area contributed by atoms with E-state index < -0.39 is 0 Å². The molecule has 0 fully saturated rings. The van der Waals surface area contributed by atoms with Gasteiger partial charge in [0.2, 0.25) is 0 Å². The third kappa shape index (κ3) is 4.57. The van der Waals surface area contributed by atoms with Crippen molar-refractivity contribution >= 4 is 29.1 Å². The minimum Gasteiger partial charge on any atom is -0.350 e. The lowest BCUT2D eigenvalue weighted by molar-refractivity contribution is 0.0940. The number of anilines is 1. The molecule has 0 aromatic heterocycles. The first kappa shape index (κ1) is 17.0. The second kappa shape index (κ2) is 7.79. The Hall–Kier alpha value is -2.33. The van der Waals surface area contributed by atoms with Crippen molar-refractivity contribution in [2.24, 2.45) is 0 Å². The van der Waals surface area contributed by atoms with Crippen molar-refractivity contribution in [3.8, 4) is 0 Å². The average Bonchev–Trinajstić information content (AvgIpc) is 2.55. The van der Waals surface area contributed by atoms with Crippen molar-refractivity contribution in [3.63, 3.8) is 0 Å². The first-order valence-electron chi connectivity index (χ1n) is 7.48. The van der Waals surface area contributed by atoms with E-state index >= 15 is 0 Å². The van der Waals surface area contributed by atoms with Crippen LogP contribution in [-0.4, -0.2) is 17.9 Å². The number of hydrogen-bond donors (Lipinski definition) is 2. The lowest BCUT2D eigenvalue weighted by Crippen LogP contribution is -2.32. The predicted octanol–water partition coefficient (Wildman–Crippen LogP) is 4.12. The van der Waals surface area contributed by atoms with Gasteiger partial charge in [-0.2, -0.15) is 0 Å². The summed E-state index contributed by atoms with van der Waals surface area (Å²) in [6, 6.07) is 13.7. The molecule has 0 aliphatic carbocycles. The van der Waals surface area contributed by atoms with Gasteiger partial charge in [-0.15, -0.1) is 0 Å². The minimum atomic E-state index is -0.309. The van der Waals surface area contributed by atoms with Crippen LogP contribution in [-0.2, 0) is 0 Å². The zero-order valence-electron chi connectivity index (χ0n) is 13.1. The van der Waals surface area contributed by atoms with Gasteiger partial charge in [0.15, 0.2) is 0 Å². The summed E-state index contributed by atoms with van der Waals surface area (Å²) in [6.45, 7) is 3.93. The SMILES string of the molecule is CCC(C)NC(=O)c1ccccc1NC(=O)c1cccc(Cl)c1. The molecule has 2 amide bonds. The van der Waals surface area contributed by atoms with Crippen molar-refractivity contribution in [3.05, 3.63) is 64.7 Å². The summed E-state index contributed by atoms with van der Waals surface area (Å²) in [4.78, 5) is 24.6. The van der Waals surface area contributed by atoms with Crippen LogP contribution in [0.4, 0.5) is 5.69 Å². The van der Waals surface area contributed by atoms with Crippen LogP contribution in [0.2, 0.25) is 5.02 Å². The van der Waals surface area contributed by atoms with Crippen LogP contribution in [0.15, 0.2) is 48.5 Å². The van der Waals surface area contributed by atoms with Gasteiger partial charge < -0.3 is 10.6 Å². The Kier molecular flexibility index (Phi) is 5.77. The van der Waals surface area contributed by atoms with E-state index in [4.69, 9.17) is 11.6 Å². The standard InChI is InChI=1S/C18H19ClN2O2/c1-3-12(2)20-18(23)15-9-4-5-10-16(15)21-17(22)13-7-6-8-14(19)11-13/h4-12H,3H2,1-2H3,(H,20,23)(H,21,22). The van der Waals surface area contributed by atoms with Crippen molar-refractivity contribution < 1.29 is 9.59 Å². The monoisotopic (exact) mass is 330 g/mol. The molecule has 0 saturated heterocycles. The summed E-state index contributed by atoms with van der Waals surface area (Å²) >= 11 is 5.90. The highest BCUT2D eigenvalue weighted by Crippen LogP contribution is 2.18. The molecular formula is C18H19ClN2O2. The summed E-state index contributed by atoms with van der Waals surface area (Å²) in [5.41, 5.74) is 1.34. The van der Waals surface area contributed by atoms with Crippen LogP contribution in [0.5, 0.6) is 0 Å². The average molecular weight is 331 g/mol. The number of para-hydroxylation sites is 1. The molecule has 0 aliphatic rings. The molecule has 23 heavy (non-hydrogen) atoms. The lowest BCUT2D eigenvalue weighted by Gasteiger charge is -2.14. The third-order valence-corrected chi connectivity index (χ3v) is 3.73. The Morgan fingerprint density at radius 2 is 1.83 bits per heavy atom. The quantitative estimate of drug-likeness (QED) is 0.866. The minimum absolute atomic E-state index is 0.0687. The van der Waals surface area contributed by atoms with Gasteiger partial charge in [-0.1, -0.05) is 36.7 Å². The fourth-order valence-electron chi connectivity index (χ4n) is 2.02. The molecule has 0 heterocycles. The molecule has 2 N–H and O–H groups in total. The summed E-state index contributed by atoms with van der Waals surface area (Å²) in [7, 11) is 0. The van der Waals surface area contributed by atoms with Gasteiger partial charge >= 0.3 is 0 Å². The molecule has 1 atom stereocenters. The smallest absolute Gasteiger partial charge is 0.255 e. The largest absolute Gasteiger partial charge is 0.350 e. The van der Waals surface area contributed by atoms with E-state index in [2.05, 4.69) is 10.6 Å². The van der Waals surface area contributed by atoms with Crippen LogP contribution < -0.4 is 10.6 Å². The first-order valence-corrected chi connectivity index (χ1v) is 7.86. The Labute approximate surface area is 140 Å². The van der Waals surface area contributed by atoms with Crippen molar-refractivity contribution in [1.82, 2.24) is 5.32 Å². The normalized spacial score (nSPS) is 11.6. The number of amides is 2. The van der Waals surface area contributed by atoms with Crippen LogP contribution in [0.3, 0.4) is 0 Å². The summed E-state index contributed by atoms with van der Waals surface area (Å²) < 4.78 is 0. The third-order valence-electron chi connectivity index (χ3n) is 3.50. The number of nitrogens with one attached hydrogen (secondary N) is 2. The Morgan fingerprint density at radius 3 is 2.52 bits per heavy atom. The number of benzene rings is 2. The molecule has 1 unspecified atom stereocenters. The lowest BCUT2D eigenvalue weighted by atomic mass is 10.1. The summed E-state index contributed by atoms with van der Waals surface area (Å²) in [5.74, 6) is -0.516. The van der Waals surface area contributed by atoms with E-state index in [1.165, 1.54) is 0 Å². The molecule has 2 aromatic carbocycles. The highest BCUT2D eigenvalue weighted by molar-refractivity contribution is 6.31. The Balaban J connectivity index is 2.20. The van der Waals surface area contributed by atoms with Crippen LogP contribution >= 0.6 is 11.6 Å². The highest BCUT2D eigenvalue weighted by atomic mass is 35.5.